The lowest BCUT2D eigenvalue weighted by Crippen LogP contribution is -2.42. The van der Waals surface area contributed by atoms with Crippen LogP contribution in [0.1, 0.15) is 133 Å². The van der Waals surface area contributed by atoms with Gasteiger partial charge < -0.3 is 13.6 Å². The van der Waals surface area contributed by atoms with Gasteiger partial charge in [-0.05, 0) is 117 Å². The third-order valence-electron chi connectivity index (χ3n) is 9.83. The minimum absolute atomic E-state index is 0.0764. The second-order valence-electron chi connectivity index (χ2n) is 17.9. The number of carbonyl (C=O) groups excluding carboxylic acids is 1. The normalized spacial score (nSPS) is 12.8. The third-order valence-corrected chi connectivity index (χ3v) is 16.1. The number of nitro benzene ring substituents is 1. The largest absolute Gasteiger partial charge is 0.494 e. The first-order chi connectivity index (χ1) is 25.4. The Morgan fingerprint density at radius 2 is 1.28 bits per heavy atom. The Labute approximate surface area is 329 Å². The summed E-state index contributed by atoms with van der Waals surface area (Å²) in [6.07, 6.45) is 15.8. The number of benzene rings is 3. The second-order valence-corrected chi connectivity index (χ2v) is 27.0. The van der Waals surface area contributed by atoms with E-state index >= 15 is 0 Å². The van der Waals surface area contributed by atoms with Gasteiger partial charge in [-0.1, -0.05) is 116 Å². The number of rotatable bonds is 24. The van der Waals surface area contributed by atoms with Gasteiger partial charge in [0.05, 0.1) is 17.1 Å². The van der Waals surface area contributed by atoms with E-state index in [0.717, 1.165) is 54.2 Å². The van der Waals surface area contributed by atoms with Crippen LogP contribution in [0.4, 0.5) is 5.69 Å². The van der Waals surface area contributed by atoms with E-state index in [1.807, 2.05) is 36.4 Å². The molecule has 1 atom stereocenters. The smallest absolute Gasteiger partial charge is 0.343 e. The lowest BCUT2D eigenvalue weighted by atomic mass is 9.89. The molecular formula is C45H69NO6Si2. The van der Waals surface area contributed by atoms with Gasteiger partial charge in [0.25, 0.3) is 5.69 Å². The van der Waals surface area contributed by atoms with Crippen LogP contribution < -0.4 is 9.47 Å². The maximum atomic E-state index is 12.9. The lowest BCUT2D eigenvalue weighted by Gasteiger charge is -2.31. The fraction of sp³-hybridized carbons (Fsp3) is 0.578. The van der Waals surface area contributed by atoms with Crippen molar-refractivity contribution in [2.24, 2.45) is 5.41 Å². The van der Waals surface area contributed by atoms with Crippen molar-refractivity contribution in [3.63, 3.8) is 0 Å². The van der Waals surface area contributed by atoms with Crippen molar-refractivity contribution in [3.05, 3.63) is 88.0 Å². The van der Waals surface area contributed by atoms with Gasteiger partial charge in [0.15, 0.2) is 16.6 Å². The maximum Gasteiger partial charge on any atom is 0.343 e. The van der Waals surface area contributed by atoms with Crippen LogP contribution in [0.3, 0.4) is 0 Å². The van der Waals surface area contributed by atoms with E-state index in [-0.39, 0.29) is 16.5 Å². The van der Waals surface area contributed by atoms with E-state index < -0.39 is 22.6 Å². The first-order valence-corrected chi connectivity index (χ1v) is 27.0. The molecule has 0 saturated heterocycles. The van der Waals surface area contributed by atoms with Crippen LogP contribution >= 0.6 is 0 Å². The van der Waals surface area contributed by atoms with Gasteiger partial charge in [0, 0.05) is 11.6 Å². The van der Waals surface area contributed by atoms with Crippen molar-refractivity contribution < 1.29 is 23.3 Å². The highest BCUT2D eigenvalue weighted by atomic mass is 28.4. The summed E-state index contributed by atoms with van der Waals surface area (Å²) >= 11 is 0. The van der Waals surface area contributed by atoms with Gasteiger partial charge in [-0.2, -0.15) is 0 Å². The highest BCUT2D eigenvalue weighted by Crippen LogP contribution is 2.35. The molecule has 7 nitrogen and oxygen atoms in total. The van der Waals surface area contributed by atoms with Crippen LogP contribution in [0.2, 0.25) is 38.8 Å². The van der Waals surface area contributed by atoms with Crippen LogP contribution in [0.25, 0.3) is 11.1 Å². The van der Waals surface area contributed by atoms with E-state index in [9.17, 15) is 14.9 Å². The molecule has 0 aliphatic rings. The zero-order valence-electron chi connectivity index (χ0n) is 34.9. The molecule has 0 heterocycles. The summed E-state index contributed by atoms with van der Waals surface area (Å²) in [5.74, 6) is 0.777. The first-order valence-electron chi connectivity index (χ1n) is 20.5. The second kappa shape index (κ2) is 21.7. The zero-order chi connectivity index (χ0) is 39.8. The molecule has 298 valence electrons. The highest BCUT2D eigenvalue weighted by Gasteiger charge is 2.29. The molecule has 0 radical (unpaired) electrons. The standard InChI is InChI=1S/C45H69NO6Si2/c1-36(21-17-20-34-54(8,9)52-53(5,6)7)42-31-26-39(35-43(42)46(48)49)37-22-29-41(30-23-37)51-44(47)38-24-27-40(28-25-38)50-33-19-16-14-12-10-11-13-15-18-32-45(2,3)4/h22-31,35-36H,10-21,32-34H2,1-9H3. The average Bonchev–Trinajstić information content (AvgIpc) is 3.09. The van der Waals surface area contributed by atoms with Crippen molar-refractivity contribution >= 4 is 28.3 Å². The quantitative estimate of drug-likeness (QED) is 0.0225. The molecule has 0 fully saturated rings. The Morgan fingerprint density at radius 1 is 0.722 bits per heavy atom. The first kappa shape index (κ1) is 45.1. The maximum absolute atomic E-state index is 12.9. The van der Waals surface area contributed by atoms with E-state index in [0.29, 0.717) is 23.3 Å². The zero-order valence-corrected chi connectivity index (χ0v) is 36.9. The Hall–Kier alpha value is -3.28. The van der Waals surface area contributed by atoms with Crippen molar-refractivity contribution in [2.75, 3.05) is 6.61 Å². The van der Waals surface area contributed by atoms with Crippen molar-refractivity contribution in [2.45, 2.75) is 156 Å². The van der Waals surface area contributed by atoms with Gasteiger partial charge in [0.1, 0.15) is 11.5 Å². The lowest BCUT2D eigenvalue weighted by molar-refractivity contribution is -0.385. The van der Waals surface area contributed by atoms with Crippen LogP contribution in [-0.2, 0) is 4.12 Å². The van der Waals surface area contributed by atoms with Crippen LogP contribution in [0.15, 0.2) is 66.7 Å². The minimum atomic E-state index is -1.69. The van der Waals surface area contributed by atoms with E-state index in [1.165, 1.54) is 57.8 Å². The van der Waals surface area contributed by atoms with Gasteiger partial charge >= 0.3 is 5.97 Å². The topological polar surface area (TPSA) is 87.9 Å². The molecule has 3 aromatic rings. The van der Waals surface area contributed by atoms with Crippen molar-refractivity contribution in [1.29, 1.82) is 0 Å². The van der Waals surface area contributed by atoms with E-state index in [4.69, 9.17) is 13.6 Å². The predicted molar refractivity (Wildman–Crippen MR) is 230 cm³/mol. The molecule has 9 heteroatoms. The van der Waals surface area contributed by atoms with Gasteiger partial charge in [-0.15, -0.1) is 0 Å². The summed E-state index contributed by atoms with van der Waals surface area (Å²) in [7, 11) is -3.25. The predicted octanol–water partition coefficient (Wildman–Crippen LogP) is 14.1. The third kappa shape index (κ3) is 17.5. The number of unbranched alkanes of at least 4 members (excludes halogenated alkanes) is 9. The van der Waals surface area contributed by atoms with Crippen molar-refractivity contribution in [1.82, 2.24) is 0 Å². The van der Waals surface area contributed by atoms with E-state index in [2.05, 4.69) is 60.4 Å². The summed E-state index contributed by atoms with van der Waals surface area (Å²) in [4.78, 5) is 24.7. The Balaban J connectivity index is 1.41. The highest BCUT2D eigenvalue weighted by molar-refractivity contribution is 6.84. The van der Waals surface area contributed by atoms with Gasteiger partial charge in [-0.3, -0.25) is 10.1 Å². The monoisotopic (exact) mass is 775 g/mol. The Kier molecular flexibility index (Phi) is 18.1. The molecule has 54 heavy (non-hydrogen) atoms. The van der Waals surface area contributed by atoms with Crippen LogP contribution in [0, 0.1) is 15.5 Å². The van der Waals surface area contributed by atoms with Crippen molar-refractivity contribution in [3.8, 4) is 22.6 Å². The number of nitrogens with zero attached hydrogens (tertiary/aromatic N) is 1. The number of nitro groups is 1. The number of ether oxygens (including phenoxy) is 2. The molecule has 0 aromatic heterocycles. The molecular weight excluding hydrogens is 707 g/mol. The molecule has 1 unspecified atom stereocenters. The number of carbonyl (C=O) groups is 1. The Morgan fingerprint density at radius 3 is 1.85 bits per heavy atom. The van der Waals surface area contributed by atoms with E-state index in [1.54, 1.807) is 30.3 Å². The SMILES string of the molecule is CC(CCCC[Si](C)(C)O[Si](C)(C)C)c1ccc(-c2ccc(OC(=O)c3ccc(OCCCCCCCCCCCC(C)(C)C)cc3)cc2)cc1[N+](=O)[O-]. The summed E-state index contributed by atoms with van der Waals surface area (Å²) in [5.41, 5.74) is 3.37. The fourth-order valence-electron chi connectivity index (χ4n) is 7.09. The molecule has 3 rings (SSSR count). The number of hydrogen-bond acceptors (Lipinski definition) is 6. The Bertz CT molecular complexity index is 1580. The summed E-state index contributed by atoms with van der Waals surface area (Å²) in [6, 6.07) is 20.8. The molecule has 0 amide bonds. The number of hydrogen-bond donors (Lipinski definition) is 0. The molecule has 0 spiro atoms. The summed E-state index contributed by atoms with van der Waals surface area (Å²) < 4.78 is 18.0. The minimum Gasteiger partial charge on any atom is -0.494 e. The molecule has 0 N–H and O–H groups in total. The molecule has 0 bridgehead atoms. The van der Waals surface area contributed by atoms with Crippen LogP contribution in [-0.4, -0.2) is 34.1 Å². The number of esters is 1. The van der Waals surface area contributed by atoms with Crippen LogP contribution in [0.5, 0.6) is 11.5 Å². The fourth-order valence-corrected chi connectivity index (χ4v) is 15.2. The molecule has 0 saturated carbocycles. The average molecular weight is 776 g/mol. The van der Waals surface area contributed by atoms with Gasteiger partial charge in [-0.25, -0.2) is 4.79 Å². The van der Waals surface area contributed by atoms with Gasteiger partial charge in [0.2, 0.25) is 0 Å². The summed E-state index contributed by atoms with van der Waals surface area (Å²) in [5, 5.41) is 12.1. The molecule has 3 aromatic carbocycles. The molecule has 0 aliphatic heterocycles. The summed E-state index contributed by atoms with van der Waals surface area (Å²) in [6.45, 7) is 21.0. The molecule has 0 aliphatic carbocycles.